The zero-order valence-corrected chi connectivity index (χ0v) is 20.2. The van der Waals surface area contributed by atoms with Gasteiger partial charge in [-0.15, -0.1) is 0 Å². The Morgan fingerprint density at radius 3 is 2.18 bits per heavy atom. The molecule has 2 N–H and O–H groups in total. The summed E-state index contributed by atoms with van der Waals surface area (Å²) in [6.45, 7) is 7.38. The number of hydrogen-bond acceptors (Lipinski definition) is 5. The normalized spacial score (nSPS) is 15.3. The molecule has 1 saturated heterocycles. The number of ketones is 1. The Hall–Kier alpha value is -2.55. The molecule has 33 heavy (non-hydrogen) atoms. The summed E-state index contributed by atoms with van der Waals surface area (Å²) in [6, 6.07) is 14.0. The first kappa shape index (κ1) is 25.1. The van der Waals surface area contributed by atoms with E-state index in [2.05, 4.69) is 34.0 Å². The second kappa shape index (κ2) is 11.5. The van der Waals surface area contributed by atoms with Gasteiger partial charge in [-0.05, 0) is 62.0 Å². The number of hydrogen-bond donors (Lipinski definition) is 2. The highest BCUT2D eigenvalue weighted by molar-refractivity contribution is 7.89. The third-order valence-corrected chi connectivity index (χ3v) is 7.49. The molecule has 8 heteroatoms. The average molecular weight is 472 g/mol. The van der Waals surface area contributed by atoms with E-state index in [1.165, 1.54) is 49.6 Å². The lowest BCUT2D eigenvalue weighted by molar-refractivity contribution is -0.121. The van der Waals surface area contributed by atoms with Gasteiger partial charge < -0.3 is 5.32 Å². The summed E-state index contributed by atoms with van der Waals surface area (Å²) in [5.41, 5.74) is 2.72. The van der Waals surface area contributed by atoms with Crippen LogP contribution < -0.4 is 10.0 Å². The number of likely N-dealkylation sites (tertiary alicyclic amines) is 1. The van der Waals surface area contributed by atoms with E-state index >= 15 is 0 Å². The molecular formula is C25H33N3O4S. The number of amides is 1. The molecule has 0 radical (unpaired) electrons. The van der Waals surface area contributed by atoms with Crippen molar-refractivity contribution in [3.8, 4) is 0 Å². The van der Waals surface area contributed by atoms with Crippen LogP contribution in [0.1, 0.15) is 54.6 Å². The number of rotatable bonds is 10. The third-order valence-electron chi connectivity index (χ3n) is 6.01. The molecule has 0 spiro atoms. The van der Waals surface area contributed by atoms with Gasteiger partial charge in [0, 0.05) is 31.6 Å². The van der Waals surface area contributed by atoms with E-state index < -0.39 is 10.0 Å². The Balaban J connectivity index is 1.39. The maximum absolute atomic E-state index is 12.3. The molecule has 1 aliphatic rings. The van der Waals surface area contributed by atoms with Gasteiger partial charge in [-0.25, -0.2) is 13.1 Å². The molecule has 3 rings (SSSR count). The fourth-order valence-corrected chi connectivity index (χ4v) is 4.81. The molecule has 0 unspecified atom stereocenters. The van der Waals surface area contributed by atoms with Gasteiger partial charge in [-0.2, -0.15) is 0 Å². The average Bonchev–Trinajstić information content (AvgIpc) is 2.80. The van der Waals surface area contributed by atoms with Gasteiger partial charge in [0.25, 0.3) is 0 Å². The highest BCUT2D eigenvalue weighted by atomic mass is 32.2. The lowest BCUT2D eigenvalue weighted by Gasteiger charge is -2.30. The summed E-state index contributed by atoms with van der Waals surface area (Å²) in [6.07, 6.45) is 2.55. The van der Waals surface area contributed by atoms with Gasteiger partial charge in [0.15, 0.2) is 5.78 Å². The van der Waals surface area contributed by atoms with E-state index in [4.69, 9.17) is 0 Å². The van der Waals surface area contributed by atoms with Crippen molar-refractivity contribution >= 4 is 21.7 Å². The highest BCUT2D eigenvalue weighted by Crippen LogP contribution is 2.18. The Morgan fingerprint density at radius 2 is 1.58 bits per heavy atom. The molecule has 0 aliphatic carbocycles. The Morgan fingerprint density at radius 1 is 0.970 bits per heavy atom. The van der Waals surface area contributed by atoms with Crippen molar-refractivity contribution < 1.29 is 18.0 Å². The summed E-state index contributed by atoms with van der Waals surface area (Å²) in [4.78, 5) is 26.0. The van der Waals surface area contributed by atoms with Crippen LogP contribution in [0.5, 0.6) is 0 Å². The van der Waals surface area contributed by atoms with Crippen molar-refractivity contribution in [2.75, 3.05) is 19.6 Å². The fraction of sp³-hybridized carbons (Fsp3) is 0.440. The van der Waals surface area contributed by atoms with Crippen molar-refractivity contribution in [2.45, 2.75) is 51.1 Å². The first-order chi connectivity index (χ1) is 15.7. The Labute approximate surface area is 196 Å². The predicted molar refractivity (Wildman–Crippen MR) is 128 cm³/mol. The van der Waals surface area contributed by atoms with Crippen LogP contribution in [0.4, 0.5) is 0 Å². The summed E-state index contributed by atoms with van der Waals surface area (Å²) < 4.78 is 27.1. The maximum atomic E-state index is 12.3. The van der Waals surface area contributed by atoms with Gasteiger partial charge in [0.2, 0.25) is 15.9 Å². The molecular weight excluding hydrogens is 438 g/mol. The predicted octanol–water partition coefficient (Wildman–Crippen LogP) is 3.11. The number of nitrogens with one attached hydrogen (secondary N) is 2. The molecule has 7 nitrogen and oxygen atoms in total. The molecule has 0 bridgehead atoms. The van der Waals surface area contributed by atoms with Gasteiger partial charge in [-0.1, -0.05) is 43.3 Å². The van der Waals surface area contributed by atoms with E-state index in [0.29, 0.717) is 12.1 Å². The van der Waals surface area contributed by atoms with E-state index in [1.807, 2.05) is 12.1 Å². The zero-order chi connectivity index (χ0) is 23.8. The van der Waals surface area contributed by atoms with Crippen LogP contribution in [0.25, 0.3) is 0 Å². The molecule has 0 aromatic heterocycles. The number of piperidine rings is 1. The Bertz CT molecular complexity index is 1040. The van der Waals surface area contributed by atoms with E-state index in [1.54, 1.807) is 0 Å². The number of carbonyl (C=O) groups excluding carboxylic acids is 2. The number of sulfonamides is 1. The van der Waals surface area contributed by atoms with Crippen molar-refractivity contribution in [2.24, 2.45) is 5.92 Å². The van der Waals surface area contributed by atoms with Crippen molar-refractivity contribution in [1.29, 1.82) is 0 Å². The smallest absolute Gasteiger partial charge is 0.240 e. The molecule has 1 aliphatic heterocycles. The van der Waals surface area contributed by atoms with E-state index in [-0.39, 0.29) is 29.6 Å². The quantitative estimate of drug-likeness (QED) is 0.519. The first-order valence-corrected chi connectivity index (χ1v) is 12.9. The van der Waals surface area contributed by atoms with Crippen LogP contribution in [0.15, 0.2) is 53.4 Å². The Kier molecular flexibility index (Phi) is 8.77. The second-order valence-corrected chi connectivity index (χ2v) is 10.5. The summed E-state index contributed by atoms with van der Waals surface area (Å²) in [5, 5.41) is 2.83. The van der Waals surface area contributed by atoms with Gasteiger partial charge >= 0.3 is 0 Å². The standard InChI is InChI=1S/C25H33N3O4S/c1-19-12-15-28(16-13-19)18-22-5-3-21(4-6-22)17-26-25(30)11-14-27-33(31,32)24-9-7-23(8-10-24)20(2)29/h3-10,19,27H,11-18H2,1-2H3,(H,26,30). The van der Waals surface area contributed by atoms with E-state index in [0.717, 1.165) is 31.1 Å². The highest BCUT2D eigenvalue weighted by Gasteiger charge is 2.16. The molecule has 2 aromatic rings. The van der Waals surface area contributed by atoms with Crippen LogP contribution in [0, 0.1) is 5.92 Å². The third kappa shape index (κ3) is 7.77. The lowest BCUT2D eigenvalue weighted by Crippen LogP contribution is -2.32. The largest absolute Gasteiger partial charge is 0.352 e. The first-order valence-electron chi connectivity index (χ1n) is 11.4. The van der Waals surface area contributed by atoms with E-state index in [9.17, 15) is 18.0 Å². The number of benzene rings is 2. The zero-order valence-electron chi connectivity index (χ0n) is 19.3. The van der Waals surface area contributed by atoms with Crippen molar-refractivity contribution in [3.05, 3.63) is 65.2 Å². The van der Waals surface area contributed by atoms with Crippen molar-refractivity contribution in [1.82, 2.24) is 14.9 Å². The molecule has 0 atom stereocenters. The molecule has 2 aromatic carbocycles. The van der Waals surface area contributed by atoms with Crippen LogP contribution >= 0.6 is 0 Å². The van der Waals surface area contributed by atoms with Gasteiger partial charge in [0.05, 0.1) is 4.90 Å². The minimum atomic E-state index is -3.73. The number of carbonyl (C=O) groups is 2. The number of nitrogens with zero attached hydrogens (tertiary/aromatic N) is 1. The maximum Gasteiger partial charge on any atom is 0.240 e. The SMILES string of the molecule is CC(=O)c1ccc(S(=O)(=O)NCCC(=O)NCc2ccc(CN3CCC(C)CC3)cc2)cc1. The van der Waals surface area contributed by atoms with Crippen molar-refractivity contribution in [3.63, 3.8) is 0 Å². The van der Waals surface area contributed by atoms with Gasteiger partial charge in [-0.3, -0.25) is 14.5 Å². The summed E-state index contributed by atoms with van der Waals surface area (Å²) in [5.74, 6) is 0.466. The summed E-state index contributed by atoms with van der Waals surface area (Å²) >= 11 is 0. The lowest BCUT2D eigenvalue weighted by atomic mass is 9.99. The molecule has 1 heterocycles. The monoisotopic (exact) mass is 471 g/mol. The minimum Gasteiger partial charge on any atom is -0.352 e. The van der Waals surface area contributed by atoms with Crippen LogP contribution in [-0.2, 0) is 27.9 Å². The van der Waals surface area contributed by atoms with Crippen LogP contribution in [0.2, 0.25) is 0 Å². The molecule has 178 valence electrons. The molecule has 1 fully saturated rings. The van der Waals surface area contributed by atoms with Crippen LogP contribution in [-0.4, -0.2) is 44.6 Å². The second-order valence-electron chi connectivity index (χ2n) is 8.78. The van der Waals surface area contributed by atoms with Crippen LogP contribution in [0.3, 0.4) is 0 Å². The minimum absolute atomic E-state index is 0.00395. The summed E-state index contributed by atoms with van der Waals surface area (Å²) in [7, 11) is -3.73. The molecule has 1 amide bonds. The topological polar surface area (TPSA) is 95.6 Å². The number of Topliss-reactive ketones (excluding diaryl/α,β-unsaturated/α-hetero) is 1. The molecule has 0 saturated carbocycles. The fourth-order valence-electron chi connectivity index (χ4n) is 3.78. The van der Waals surface area contributed by atoms with Gasteiger partial charge in [0.1, 0.15) is 0 Å².